The van der Waals surface area contributed by atoms with Crippen molar-refractivity contribution in [2.24, 2.45) is 23.5 Å². The number of carbonyl (C=O) groups is 1. The van der Waals surface area contributed by atoms with Crippen molar-refractivity contribution >= 4 is 34.4 Å². The molecule has 6 rings (SSSR count). The fourth-order valence-corrected chi connectivity index (χ4v) is 6.22. The molecule has 0 radical (unpaired) electrons. The highest BCUT2D eigenvalue weighted by atomic mass is 35.5. The van der Waals surface area contributed by atoms with E-state index in [-0.39, 0.29) is 35.8 Å². The number of halogens is 1. The molecule has 2 bridgehead atoms. The number of amides is 1. The Bertz CT molecular complexity index is 1360. The van der Waals surface area contributed by atoms with Gasteiger partial charge in [-0.05, 0) is 42.4 Å². The summed E-state index contributed by atoms with van der Waals surface area (Å²) in [6.07, 6.45) is 7.28. The number of ether oxygens (including phenoxy) is 1. The quantitative estimate of drug-likeness (QED) is 0.361. The van der Waals surface area contributed by atoms with E-state index in [0.29, 0.717) is 40.0 Å². The summed E-state index contributed by atoms with van der Waals surface area (Å²) in [6.45, 7) is 2.31. The van der Waals surface area contributed by atoms with Crippen LogP contribution in [0, 0.1) is 17.8 Å². The summed E-state index contributed by atoms with van der Waals surface area (Å²) in [7, 11) is 1.64. The number of β-amino-alcohol motifs (C(OH)–C–C–N with tert-alkyl or cyclic N) is 1. The van der Waals surface area contributed by atoms with Gasteiger partial charge in [-0.3, -0.25) is 9.69 Å². The van der Waals surface area contributed by atoms with Crippen LogP contribution >= 0.6 is 11.6 Å². The number of methoxy groups -OCH3 is 1. The summed E-state index contributed by atoms with van der Waals surface area (Å²) in [5.41, 5.74) is 9.52. The first-order valence-electron chi connectivity index (χ1n) is 12.3. The highest BCUT2D eigenvalue weighted by Gasteiger charge is 2.47. The molecule has 1 aliphatic heterocycles. The Kier molecular flexibility index (Phi) is 5.86. The van der Waals surface area contributed by atoms with E-state index in [1.807, 2.05) is 18.2 Å². The van der Waals surface area contributed by atoms with E-state index in [0.717, 1.165) is 37.1 Å². The number of anilines is 1. The van der Waals surface area contributed by atoms with Crippen LogP contribution in [0.4, 0.5) is 5.69 Å². The van der Waals surface area contributed by atoms with Crippen LogP contribution in [0.2, 0.25) is 5.02 Å². The average Bonchev–Trinajstić information content (AvgIpc) is 3.65. The molecular formula is C26H29ClN6O3. The minimum atomic E-state index is -0.302. The average molecular weight is 509 g/mol. The van der Waals surface area contributed by atoms with Crippen LogP contribution in [0.25, 0.3) is 22.6 Å². The first-order chi connectivity index (χ1) is 17.4. The Morgan fingerprint density at radius 1 is 1.36 bits per heavy atom. The zero-order valence-corrected chi connectivity index (χ0v) is 20.7. The van der Waals surface area contributed by atoms with Crippen molar-refractivity contribution in [3.8, 4) is 17.1 Å². The maximum absolute atomic E-state index is 12.2. The first-order valence-corrected chi connectivity index (χ1v) is 12.6. The molecular weight excluding hydrogens is 480 g/mol. The summed E-state index contributed by atoms with van der Waals surface area (Å²) in [5.74, 6) is 1.10. The van der Waals surface area contributed by atoms with E-state index in [1.165, 1.54) is 0 Å². The number of rotatable bonds is 7. The second kappa shape index (κ2) is 9.06. The molecule has 5 atom stereocenters. The number of primary amides is 1. The molecule has 3 aliphatic rings. The summed E-state index contributed by atoms with van der Waals surface area (Å²) in [5, 5.41) is 13.8. The number of nitrogens with two attached hydrogens (primary N) is 1. The third-order valence-corrected chi connectivity index (χ3v) is 8.03. The van der Waals surface area contributed by atoms with E-state index >= 15 is 0 Å². The van der Waals surface area contributed by atoms with Gasteiger partial charge in [0.25, 0.3) is 0 Å². The predicted octanol–water partition coefficient (Wildman–Crippen LogP) is 2.94. The normalized spacial score (nSPS) is 27.2. The molecule has 36 heavy (non-hydrogen) atoms. The molecule has 1 saturated carbocycles. The third kappa shape index (κ3) is 4.01. The maximum Gasteiger partial charge on any atom is 0.223 e. The summed E-state index contributed by atoms with van der Waals surface area (Å²) < 4.78 is 5.71. The number of carbonyl (C=O) groups excluding carboxylic acids is 1. The van der Waals surface area contributed by atoms with E-state index in [1.54, 1.807) is 13.3 Å². The molecule has 9 nitrogen and oxygen atoms in total. The molecule has 0 spiro atoms. The van der Waals surface area contributed by atoms with Crippen molar-refractivity contribution in [1.29, 1.82) is 0 Å². The SMILES string of the molecule is COc1cc(CN2CCC(O)C2)ccc1-c1nc2ncc(Cl)c(N[C@H]3[C@@H](C(N)=O)[C@@H]4C=C[C@H]3C4)c2[nH]1. The third-order valence-electron chi connectivity index (χ3n) is 7.75. The van der Waals surface area contributed by atoms with E-state index < -0.39 is 0 Å². The Labute approximate surface area is 213 Å². The lowest BCUT2D eigenvalue weighted by Crippen LogP contribution is -2.41. The highest BCUT2D eigenvalue weighted by molar-refractivity contribution is 6.34. The number of H-pyrrole nitrogens is 1. The van der Waals surface area contributed by atoms with Crippen molar-refractivity contribution in [1.82, 2.24) is 19.9 Å². The lowest BCUT2D eigenvalue weighted by molar-refractivity contribution is -0.122. The zero-order chi connectivity index (χ0) is 25.0. The van der Waals surface area contributed by atoms with Gasteiger partial charge in [-0.1, -0.05) is 29.8 Å². The number of fused-ring (bicyclic) bond motifs is 3. The van der Waals surface area contributed by atoms with Crippen LogP contribution in [0.1, 0.15) is 18.4 Å². The number of hydrogen-bond acceptors (Lipinski definition) is 7. The lowest BCUT2D eigenvalue weighted by atomic mass is 9.88. The van der Waals surface area contributed by atoms with Crippen molar-refractivity contribution in [3.63, 3.8) is 0 Å². The number of likely N-dealkylation sites (tertiary alicyclic amines) is 1. The Morgan fingerprint density at radius 2 is 2.19 bits per heavy atom. The molecule has 1 unspecified atom stereocenters. The van der Waals surface area contributed by atoms with Gasteiger partial charge in [-0.15, -0.1) is 0 Å². The number of nitrogens with zero attached hydrogens (tertiary/aromatic N) is 3. The summed E-state index contributed by atoms with van der Waals surface area (Å²) >= 11 is 6.58. The summed E-state index contributed by atoms with van der Waals surface area (Å²) in [6, 6.07) is 5.90. The number of aliphatic hydroxyl groups excluding tert-OH is 1. The molecule has 1 saturated heterocycles. The van der Waals surface area contributed by atoms with Gasteiger partial charge in [0.05, 0.1) is 41.6 Å². The van der Waals surface area contributed by atoms with E-state index in [9.17, 15) is 9.90 Å². The number of aromatic amines is 1. The maximum atomic E-state index is 12.2. The minimum absolute atomic E-state index is 0.134. The number of aliphatic hydroxyl groups is 1. The van der Waals surface area contributed by atoms with Gasteiger partial charge in [-0.2, -0.15) is 0 Å². The standard InChI is InChI=1S/C26H29ClN6O3/c1-36-19-8-13(11-33-7-6-16(34)12-33)2-5-17(19)25-31-23-22(18(27)10-29-26(23)32-25)30-21-15-4-3-14(9-15)20(21)24(28)35/h2-5,8,10,14-16,20-21,34H,6-7,9,11-12H2,1H3,(H2,28,35)(H2,29,30,31,32)/t14-,15+,16?,20+,21-/m1/s1. The molecule has 2 aromatic heterocycles. The van der Waals surface area contributed by atoms with Crippen LogP contribution in [-0.4, -0.2) is 63.2 Å². The Balaban J connectivity index is 1.32. The van der Waals surface area contributed by atoms with E-state index in [4.69, 9.17) is 27.1 Å². The summed E-state index contributed by atoms with van der Waals surface area (Å²) in [4.78, 5) is 27.0. The van der Waals surface area contributed by atoms with Crippen LogP contribution in [0.15, 0.2) is 36.5 Å². The number of nitrogens with one attached hydrogen (secondary N) is 2. The van der Waals surface area contributed by atoms with Gasteiger partial charge in [0, 0.05) is 25.7 Å². The van der Waals surface area contributed by atoms with Gasteiger partial charge < -0.3 is 25.9 Å². The second-order valence-corrected chi connectivity index (χ2v) is 10.4. The van der Waals surface area contributed by atoms with Crippen molar-refractivity contribution in [2.75, 3.05) is 25.5 Å². The highest BCUT2D eigenvalue weighted by Crippen LogP contribution is 2.46. The first kappa shape index (κ1) is 23.3. The number of allylic oxidation sites excluding steroid dienone is 1. The van der Waals surface area contributed by atoms with Gasteiger partial charge >= 0.3 is 0 Å². The Hall–Kier alpha value is -3.14. The van der Waals surface area contributed by atoms with E-state index in [2.05, 4.69) is 32.3 Å². The van der Waals surface area contributed by atoms with Crippen LogP contribution < -0.4 is 15.8 Å². The van der Waals surface area contributed by atoms with Crippen LogP contribution in [-0.2, 0) is 11.3 Å². The van der Waals surface area contributed by atoms with Crippen molar-refractivity contribution < 1.29 is 14.6 Å². The van der Waals surface area contributed by atoms with Gasteiger partial charge in [0.2, 0.25) is 5.91 Å². The molecule has 3 aromatic rings. The number of benzene rings is 1. The molecule has 2 aliphatic carbocycles. The molecule has 10 heteroatoms. The minimum Gasteiger partial charge on any atom is -0.496 e. The predicted molar refractivity (Wildman–Crippen MR) is 138 cm³/mol. The molecule has 1 amide bonds. The Morgan fingerprint density at radius 3 is 2.94 bits per heavy atom. The fraction of sp³-hybridized carbons (Fsp3) is 0.423. The van der Waals surface area contributed by atoms with Crippen molar-refractivity contribution in [3.05, 3.63) is 47.1 Å². The topological polar surface area (TPSA) is 129 Å². The second-order valence-electron chi connectivity index (χ2n) is 10.0. The monoisotopic (exact) mass is 508 g/mol. The lowest BCUT2D eigenvalue weighted by Gasteiger charge is -2.28. The molecule has 3 heterocycles. The molecule has 1 aromatic carbocycles. The van der Waals surface area contributed by atoms with Crippen LogP contribution in [0.5, 0.6) is 5.75 Å². The fourth-order valence-electron chi connectivity index (χ4n) is 6.02. The largest absolute Gasteiger partial charge is 0.496 e. The van der Waals surface area contributed by atoms with Crippen LogP contribution in [0.3, 0.4) is 0 Å². The number of aromatic nitrogens is 3. The van der Waals surface area contributed by atoms with Gasteiger partial charge in [0.1, 0.15) is 17.1 Å². The number of hydrogen-bond donors (Lipinski definition) is 4. The molecule has 2 fully saturated rings. The van der Waals surface area contributed by atoms with Gasteiger partial charge in [0.15, 0.2) is 5.65 Å². The number of imidazole rings is 1. The van der Waals surface area contributed by atoms with Crippen molar-refractivity contribution in [2.45, 2.75) is 31.5 Å². The smallest absolute Gasteiger partial charge is 0.223 e. The number of pyridine rings is 1. The molecule has 5 N–H and O–H groups in total. The molecule has 188 valence electrons. The van der Waals surface area contributed by atoms with Gasteiger partial charge in [-0.25, -0.2) is 9.97 Å². The zero-order valence-electron chi connectivity index (χ0n) is 19.9.